The van der Waals surface area contributed by atoms with Crippen LogP contribution in [0.5, 0.6) is 0 Å². The second-order valence-electron chi connectivity index (χ2n) is 4.64. The Kier molecular flexibility index (Phi) is 6.64. The lowest BCUT2D eigenvalue weighted by Crippen LogP contribution is -2.15. The standard InChI is InChI=1S/C16H25N/c1-4-11-17-12-7-5-6-8-16-13-14(2)9-10-15(16)3/h5-6,9-10,13,17H,4,7-8,11-12H2,1-3H3. The van der Waals surface area contributed by atoms with Crippen LogP contribution in [0.3, 0.4) is 0 Å². The van der Waals surface area contributed by atoms with Gasteiger partial charge in [-0.2, -0.15) is 0 Å². The number of hydrogen-bond acceptors (Lipinski definition) is 1. The molecule has 0 atom stereocenters. The molecule has 0 amide bonds. The summed E-state index contributed by atoms with van der Waals surface area (Å²) in [4.78, 5) is 0. The van der Waals surface area contributed by atoms with Crippen LogP contribution < -0.4 is 5.32 Å². The zero-order chi connectivity index (χ0) is 12.5. The molecule has 0 heterocycles. The number of rotatable bonds is 7. The molecule has 0 aromatic heterocycles. The molecule has 1 nitrogen and oxygen atoms in total. The van der Waals surface area contributed by atoms with Gasteiger partial charge in [0.05, 0.1) is 0 Å². The summed E-state index contributed by atoms with van der Waals surface area (Å²) >= 11 is 0. The lowest BCUT2D eigenvalue weighted by molar-refractivity contribution is 0.678. The maximum Gasteiger partial charge on any atom is -0.00143 e. The molecule has 1 N–H and O–H groups in total. The van der Waals surface area contributed by atoms with E-state index in [9.17, 15) is 0 Å². The fraction of sp³-hybridized carbons (Fsp3) is 0.500. The smallest absolute Gasteiger partial charge is 0.00143 e. The fourth-order valence-corrected chi connectivity index (χ4v) is 1.84. The molecule has 0 aliphatic heterocycles. The van der Waals surface area contributed by atoms with Crippen molar-refractivity contribution < 1.29 is 0 Å². The minimum absolute atomic E-state index is 1.06. The average molecular weight is 231 g/mol. The topological polar surface area (TPSA) is 12.0 Å². The van der Waals surface area contributed by atoms with Crippen molar-refractivity contribution in [2.75, 3.05) is 13.1 Å². The SMILES string of the molecule is CCCNCCC=CCc1cc(C)ccc1C. The molecule has 1 aromatic rings. The first-order valence-electron chi connectivity index (χ1n) is 6.66. The summed E-state index contributed by atoms with van der Waals surface area (Å²) in [6, 6.07) is 6.67. The van der Waals surface area contributed by atoms with Crippen LogP contribution in [0.1, 0.15) is 36.5 Å². The van der Waals surface area contributed by atoms with Crippen LogP contribution >= 0.6 is 0 Å². The van der Waals surface area contributed by atoms with Crippen molar-refractivity contribution in [3.63, 3.8) is 0 Å². The minimum Gasteiger partial charge on any atom is -0.316 e. The summed E-state index contributed by atoms with van der Waals surface area (Å²) in [6.07, 6.45) is 7.97. The summed E-state index contributed by atoms with van der Waals surface area (Å²) in [5.41, 5.74) is 4.19. The highest BCUT2D eigenvalue weighted by Crippen LogP contribution is 2.11. The first kappa shape index (κ1) is 14.0. The summed E-state index contributed by atoms with van der Waals surface area (Å²) in [6.45, 7) is 8.76. The van der Waals surface area contributed by atoms with E-state index in [1.807, 2.05) is 0 Å². The van der Waals surface area contributed by atoms with Gasteiger partial charge in [0.1, 0.15) is 0 Å². The highest BCUT2D eigenvalue weighted by Gasteiger charge is 1.95. The second-order valence-corrected chi connectivity index (χ2v) is 4.64. The Morgan fingerprint density at radius 2 is 1.94 bits per heavy atom. The minimum atomic E-state index is 1.06. The lowest BCUT2D eigenvalue weighted by atomic mass is 10.0. The van der Waals surface area contributed by atoms with Gasteiger partial charge in [0.25, 0.3) is 0 Å². The highest BCUT2D eigenvalue weighted by molar-refractivity contribution is 5.31. The van der Waals surface area contributed by atoms with E-state index in [1.165, 1.54) is 23.1 Å². The summed E-state index contributed by atoms with van der Waals surface area (Å²) in [7, 11) is 0. The van der Waals surface area contributed by atoms with Crippen molar-refractivity contribution in [1.82, 2.24) is 5.32 Å². The molecule has 0 bridgehead atoms. The molecule has 0 aliphatic carbocycles. The number of hydrogen-bond donors (Lipinski definition) is 1. The van der Waals surface area contributed by atoms with Gasteiger partial charge < -0.3 is 5.32 Å². The van der Waals surface area contributed by atoms with Gasteiger partial charge in [-0.15, -0.1) is 0 Å². The predicted octanol–water partition coefficient (Wildman–Crippen LogP) is 3.79. The van der Waals surface area contributed by atoms with Crippen LogP contribution in [-0.2, 0) is 6.42 Å². The van der Waals surface area contributed by atoms with E-state index < -0.39 is 0 Å². The van der Waals surface area contributed by atoms with Crippen LogP contribution in [0, 0.1) is 13.8 Å². The quantitative estimate of drug-likeness (QED) is 0.556. The van der Waals surface area contributed by atoms with E-state index in [1.54, 1.807) is 0 Å². The molecule has 94 valence electrons. The second kappa shape index (κ2) is 8.08. The van der Waals surface area contributed by atoms with Gasteiger partial charge in [-0.1, -0.05) is 42.8 Å². The van der Waals surface area contributed by atoms with Crippen molar-refractivity contribution in [2.24, 2.45) is 0 Å². The molecule has 17 heavy (non-hydrogen) atoms. The molecule has 0 saturated carbocycles. The molecule has 0 aliphatic rings. The molecule has 0 radical (unpaired) electrons. The monoisotopic (exact) mass is 231 g/mol. The first-order valence-corrected chi connectivity index (χ1v) is 6.66. The predicted molar refractivity (Wildman–Crippen MR) is 76.5 cm³/mol. The molecular formula is C16H25N. The van der Waals surface area contributed by atoms with E-state index >= 15 is 0 Å². The third kappa shape index (κ3) is 5.69. The molecule has 1 heteroatoms. The Bertz CT molecular complexity index is 353. The lowest BCUT2D eigenvalue weighted by Gasteiger charge is -2.04. The zero-order valence-corrected chi connectivity index (χ0v) is 11.4. The van der Waals surface area contributed by atoms with Crippen molar-refractivity contribution in [1.29, 1.82) is 0 Å². The molecule has 0 saturated heterocycles. The van der Waals surface area contributed by atoms with Crippen LogP contribution in [0.4, 0.5) is 0 Å². The van der Waals surface area contributed by atoms with Crippen LogP contribution in [0.2, 0.25) is 0 Å². The van der Waals surface area contributed by atoms with Crippen molar-refractivity contribution >= 4 is 0 Å². The molecule has 0 fully saturated rings. The summed E-state index contributed by atoms with van der Waals surface area (Å²) in [5, 5.41) is 3.40. The largest absolute Gasteiger partial charge is 0.316 e. The summed E-state index contributed by atoms with van der Waals surface area (Å²) < 4.78 is 0. The number of aryl methyl sites for hydroxylation is 2. The maximum atomic E-state index is 3.40. The van der Waals surface area contributed by atoms with Gasteiger partial charge in [0.15, 0.2) is 0 Å². The molecule has 0 spiro atoms. The van der Waals surface area contributed by atoms with E-state index in [0.717, 1.165) is 25.9 Å². The van der Waals surface area contributed by atoms with Crippen molar-refractivity contribution in [3.8, 4) is 0 Å². The maximum absolute atomic E-state index is 3.40. The average Bonchev–Trinajstić information content (AvgIpc) is 2.32. The number of nitrogens with one attached hydrogen (secondary N) is 1. The molecular weight excluding hydrogens is 206 g/mol. The van der Waals surface area contributed by atoms with E-state index in [0.29, 0.717) is 0 Å². The normalized spacial score (nSPS) is 11.2. The molecule has 1 rings (SSSR count). The van der Waals surface area contributed by atoms with Gasteiger partial charge in [-0.3, -0.25) is 0 Å². The van der Waals surface area contributed by atoms with Crippen molar-refractivity contribution in [3.05, 3.63) is 47.0 Å². The van der Waals surface area contributed by atoms with Gasteiger partial charge in [0, 0.05) is 0 Å². The van der Waals surface area contributed by atoms with E-state index in [2.05, 4.69) is 56.4 Å². The van der Waals surface area contributed by atoms with Crippen LogP contribution in [-0.4, -0.2) is 13.1 Å². The Labute approximate surface area is 106 Å². The van der Waals surface area contributed by atoms with E-state index in [4.69, 9.17) is 0 Å². The van der Waals surface area contributed by atoms with E-state index in [-0.39, 0.29) is 0 Å². The van der Waals surface area contributed by atoms with Crippen LogP contribution in [0.25, 0.3) is 0 Å². The Hall–Kier alpha value is -1.08. The molecule has 0 unspecified atom stereocenters. The van der Waals surface area contributed by atoms with Crippen molar-refractivity contribution in [2.45, 2.75) is 40.0 Å². The van der Waals surface area contributed by atoms with Gasteiger partial charge >= 0.3 is 0 Å². The van der Waals surface area contributed by atoms with Gasteiger partial charge in [0.2, 0.25) is 0 Å². The Morgan fingerprint density at radius 1 is 1.12 bits per heavy atom. The summed E-state index contributed by atoms with van der Waals surface area (Å²) in [5.74, 6) is 0. The number of allylic oxidation sites excluding steroid dienone is 1. The van der Waals surface area contributed by atoms with Crippen LogP contribution in [0.15, 0.2) is 30.4 Å². The Balaban J connectivity index is 2.29. The zero-order valence-electron chi connectivity index (χ0n) is 11.4. The Morgan fingerprint density at radius 3 is 2.71 bits per heavy atom. The first-order chi connectivity index (χ1) is 8.24. The highest BCUT2D eigenvalue weighted by atomic mass is 14.8. The van der Waals surface area contributed by atoms with Gasteiger partial charge in [-0.25, -0.2) is 0 Å². The molecule has 1 aromatic carbocycles. The third-order valence-corrected chi connectivity index (χ3v) is 2.92. The van der Waals surface area contributed by atoms with Gasteiger partial charge in [-0.05, 0) is 57.3 Å². The fourth-order valence-electron chi connectivity index (χ4n) is 1.84. The number of benzene rings is 1. The third-order valence-electron chi connectivity index (χ3n) is 2.92.